The van der Waals surface area contributed by atoms with Gasteiger partial charge in [-0.1, -0.05) is 23.7 Å². The zero-order valence-electron chi connectivity index (χ0n) is 11.7. The van der Waals surface area contributed by atoms with E-state index in [1.54, 1.807) is 0 Å². The van der Waals surface area contributed by atoms with Gasteiger partial charge >= 0.3 is 0 Å². The second-order valence-corrected chi connectivity index (χ2v) is 5.47. The van der Waals surface area contributed by atoms with E-state index in [1.165, 1.54) is 0 Å². The molecule has 0 radical (unpaired) electrons. The molecular formula is C15H22ClN3. The van der Waals surface area contributed by atoms with Gasteiger partial charge in [-0.25, -0.2) is 0 Å². The Kier molecular flexibility index (Phi) is 4.86. The van der Waals surface area contributed by atoms with E-state index in [4.69, 9.17) is 11.6 Å². The lowest BCUT2D eigenvalue weighted by Crippen LogP contribution is -2.44. The Hall–Kier alpha value is -1.03. The second kappa shape index (κ2) is 6.42. The van der Waals surface area contributed by atoms with Gasteiger partial charge in [0.05, 0.1) is 6.04 Å². The fourth-order valence-corrected chi connectivity index (χ4v) is 2.75. The molecule has 1 saturated heterocycles. The largest absolute Gasteiger partial charge is 0.378 e. The van der Waals surface area contributed by atoms with Gasteiger partial charge in [-0.2, -0.15) is 0 Å². The van der Waals surface area contributed by atoms with Crippen LogP contribution in [0.5, 0.6) is 0 Å². The van der Waals surface area contributed by atoms with Gasteiger partial charge in [0.15, 0.2) is 0 Å². The summed E-state index contributed by atoms with van der Waals surface area (Å²) in [5.74, 6) is 0. The summed E-state index contributed by atoms with van der Waals surface area (Å²) in [5.41, 5.74) is 2.26. The van der Waals surface area contributed by atoms with Crippen molar-refractivity contribution in [3.05, 3.63) is 41.4 Å². The summed E-state index contributed by atoms with van der Waals surface area (Å²) in [6.07, 6.45) is 1.99. The number of nitrogens with zero attached hydrogens (tertiary/aromatic N) is 2. The maximum atomic E-state index is 6.45. The lowest BCUT2D eigenvalue weighted by atomic mass is 10.0. The molecule has 1 aliphatic rings. The molecule has 3 nitrogen and oxygen atoms in total. The van der Waals surface area contributed by atoms with Gasteiger partial charge in [0.2, 0.25) is 0 Å². The van der Waals surface area contributed by atoms with Crippen LogP contribution in [0.4, 0.5) is 5.69 Å². The molecule has 104 valence electrons. The first-order valence-electron chi connectivity index (χ1n) is 6.67. The van der Waals surface area contributed by atoms with Crippen molar-refractivity contribution in [3.63, 3.8) is 0 Å². The number of halogens is 1. The fourth-order valence-electron chi connectivity index (χ4n) is 2.47. The highest BCUT2D eigenvalue weighted by atomic mass is 35.5. The van der Waals surface area contributed by atoms with Gasteiger partial charge in [-0.15, -0.1) is 6.58 Å². The smallest absolute Gasteiger partial charge is 0.0544 e. The van der Waals surface area contributed by atoms with Gasteiger partial charge in [0.25, 0.3) is 0 Å². The van der Waals surface area contributed by atoms with Crippen molar-refractivity contribution in [2.45, 2.75) is 6.04 Å². The Morgan fingerprint density at radius 3 is 2.58 bits per heavy atom. The zero-order valence-corrected chi connectivity index (χ0v) is 12.5. The van der Waals surface area contributed by atoms with Crippen LogP contribution in [0.3, 0.4) is 0 Å². The summed E-state index contributed by atoms with van der Waals surface area (Å²) in [5, 5.41) is 4.18. The Morgan fingerprint density at radius 1 is 1.37 bits per heavy atom. The molecule has 1 atom stereocenters. The normalized spacial score (nSPS) is 18.1. The van der Waals surface area contributed by atoms with Crippen LogP contribution in [-0.4, -0.2) is 45.2 Å². The summed E-state index contributed by atoms with van der Waals surface area (Å²) < 4.78 is 0. The molecule has 0 aromatic heterocycles. The van der Waals surface area contributed by atoms with Gasteiger partial charge in [-0.05, 0) is 17.7 Å². The van der Waals surface area contributed by atoms with Gasteiger partial charge in [0, 0.05) is 51.0 Å². The van der Waals surface area contributed by atoms with Crippen molar-refractivity contribution < 1.29 is 0 Å². The minimum absolute atomic E-state index is 0.200. The number of benzene rings is 1. The molecule has 0 aliphatic carbocycles. The molecule has 1 aromatic carbocycles. The van der Waals surface area contributed by atoms with Crippen LogP contribution in [0.25, 0.3) is 0 Å². The predicted octanol–water partition coefficient (Wildman–Crippen LogP) is 2.54. The molecule has 1 fully saturated rings. The third kappa shape index (κ3) is 3.30. The standard InChI is InChI=1S/C15H22ClN3/c1-4-15(19-9-7-17-8-10-19)13-6-5-12(18(2)3)11-14(13)16/h4-6,11,15,17H,1,7-10H2,2-3H3/t15-/m1/s1. The number of anilines is 1. The lowest BCUT2D eigenvalue weighted by Gasteiger charge is -2.34. The predicted molar refractivity (Wildman–Crippen MR) is 83.2 cm³/mol. The number of nitrogens with one attached hydrogen (secondary N) is 1. The van der Waals surface area contributed by atoms with E-state index in [0.29, 0.717) is 0 Å². The van der Waals surface area contributed by atoms with E-state index in [9.17, 15) is 0 Å². The highest BCUT2D eigenvalue weighted by Crippen LogP contribution is 2.31. The van der Waals surface area contributed by atoms with Crippen molar-refractivity contribution in [2.24, 2.45) is 0 Å². The molecule has 1 aliphatic heterocycles. The SMILES string of the molecule is C=C[C@H](c1ccc(N(C)C)cc1Cl)N1CCNCC1. The van der Waals surface area contributed by atoms with Crippen molar-refractivity contribution in [3.8, 4) is 0 Å². The molecule has 0 spiro atoms. The quantitative estimate of drug-likeness (QED) is 0.855. The average Bonchev–Trinajstić information content (AvgIpc) is 2.42. The maximum Gasteiger partial charge on any atom is 0.0544 e. The van der Waals surface area contributed by atoms with Crippen LogP contribution in [-0.2, 0) is 0 Å². The molecule has 1 heterocycles. The minimum Gasteiger partial charge on any atom is -0.378 e. The van der Waals surface area contributed by atoms with E-state index in [2.05, 4.69) is 33.8 Å². The Balaban J connectivity index is 2.25. The lowest BCUT2D eigenvalue weighted by molar-refractivity contribution is 0.203. The third-order valence-corrected chi connectivity index (χ3v) is 3.91. The fraction of sp³-hybridized carbons (Fsp3) is 0.467. The highest BCUT2D eigenvalue weighted by Gasteiger charge is 2.21. The maximum absolute atomic E-state index is 6.45. The molecule has 1 aromatic rings. The Bertz CT molecular complexity index is 439. The van der Waals surface area contributed by atoms with E-state index in [-0.39, 0.29) is 6.04 Å². The van der Waals surface area contributed by atoms with Crippen LogP contribution >= 0.6 is 11.6 Å². The molecule has 4 heteroatoms. The monoisotopic (exact) mass is 279 g/mol. The second-order valence-electron chi connectivity index (χ2n) is 5.07. The van der Waals surface area contributed by atoms with Crippen LogP contribution in [0.15, 0.2) is 30.9 Å². The van der Waals surface area contributed by atoms with Crippen molar-refractivity contribution in [1.82, 2.24) is 10.2 Å². The van der Waals surface area contributed by atoms with E-state index < -0.39 is 0 Å². The topological polar surface area (TPSA) is 18.5 Å². The molecule has 0 unspecified atom stereocenters. The molecule has 1 N–H and O–H groups in total. The molecule has 0 saturated carbocycles. The number of hydrogen-bond donors (Lipinski definition) is 1. The van der Waals surface area contributed by atoms with Crippen molar-refractivity contribution >= 4 is 17.3 Å². The van der Waals surface area contributed by atoms with Crippen LogP contribution in [0.1, 0.15) is 11.6 Å². The number of hydrogen-bond acceptors (Lipinski definition) is 3. The highest BCUT2D eigenvalue weighted by molar-refractivity contribution is 6.31. The summed E-state index contributed by atoms with van der Waals surface area (Å²) in [4.78, 5) is 4.48. The number of rotatable bonds is 4. The Morgan fingerprint density at radius 2 is 2.05 bits per heavy atom. The third-order valence-electron chi connectivity index (χ3n) is 3.59. The van der Waals surface area contributed by atoms with E-state index >= 15 is 0 Å². The molecule has 2 rings (SSSR count). The molecular weight excluding hydrogens is 258 g/mol. The molecule has 19 heavy (non-hydrogen) atoms. The van der Waals surface area contributed by atoms with Crippen LogP contribution in [0.2, 0.25) is 5.02 Å². The summed E-state index contributed by atoms with van der Waals surface area (Å²) in [6, 6.07) is 6.45. The molecule has 0 bridgehead atoms. The van der Waals surface area contributed by atoms with Gasteiger partial charge in [-0.3, -0.25) is 4.90 Å². The Labute approximate surface area is 120 Å². The van der Waals surface area contributed by atoms with Crippen LogP contribution < -0.4 is 10.2 Å². The average molecular weight is 280 g/mol. The van der Waals surface area contributed by atoms with E-state index in [0.717, 1.165) is 42.5 Å². The van der Waals surface area contributed by atoms with Gasteiger partial charge < -0.3 is 10.2 Å². The van der Waals surface area contributed by atoms with Crippen molar-refractivity contribution in [1.29, 1.82) is 0 Å². The summed E-state index contributed by atoms with van der Waals surface area (Å²) in [7, 11) is 4.04. The number of piperazine rings is 1. The first kappa shape index (κ1) is 14.4. The zero-order chi connectivity index (χ0) is 13.8. The van der Waals surface area contributed by atoms with E-state index in [1.807, 2.05) is 26.2 Å². The summed E-state index contributed by atoms with van der Waals surface area (Å²) >= 11 is 6.45. The van der Waals surface area contributed by atoms with Crippen LogP contribution in [0, 0.1) is 0 Å². The minimum atomic E-state index is 0.200. The molecule has 0 amide bonds. The van der Waals surface area contributed by atoms with Gasteiger partial charge in [0.1, 0.15) is 0 Å². The van der Waals surface area contributed by atoms with Crippen molar-refractivity contribution in [2.75, 3.05) is 45.2 Å². The first-order chi connectivity index (χ1) is 9.13. The summed E-state index contributed by atoms with van der Waals surface area (Å²) in [6.45, 7) is 8.09. The first-order valence-corrected chi connectivity index (χ1v) is 7.05.